The SMILES string of the molecule is O=C1c2cccc(-c3cscn3)c2CN1CCc1nc2ccccc2cc1C1CC1. The van der Waals surface area contributed by atoms with Gasteiger partial charge in [0.25, 0.3) is 5.91 Å². The third-order valence-corrected chi connectivity index (χ3v) is 6.81. The predicted octanol–water partition coefficient (Wildman–Crippen LogP) is 5.43. The van der Waals surface area contributed by atoms with Crippen molar-refractivity contribution in [2.75, 3.05) is 6.54 Å². The molecule has 148 valence electrons. The highest BCUT2D eigenvalue weighted by Crippen LogP contribution is 2.42. The van der Waals surface area contributed by atoms with E-state index in [4.69, 9.17) is 4.98 Å². The van der Waals surface area contributed by atoms with Crippen LogP contribution in [0.15, 0.2) is 59.4 Å². The van der Waals surface area contributed by atoms with Crippen molar-refractivity contribution in [3.63, 3.8) is 0 Å². The molecule has 5 heteroatoms. The molecule has 2 aliphatic rings. The van der Waals surface area contributed by atoms with Crippen LogP contribution in [-0.2, 0) is 13.0 Å². The summed E-state index contributed by atoms with van der Waals surface area (Å²) in [4.78, 5) is 24.5. The van der Waals surface area contributed by atoms with Crippen LogP contribution in [0.1, 0.15) is 45.9 Å². The third-order valence-electron chi connectivity index (χ3n) is 6.22. The lowest BCUT2D eigenvalue weighted by Gasteiger charge is -2.17. The van der Waals surface area contributed by atoms with Gasteiger partial charge in [-0.15, -0.1) is 11.3 Å². The Balaban J connectivity index is 1.28. The maximum Gasteiger partial charge on any atom is 0.254 e. The molecule has 0 atom stereocenters. The summed E-state index contributed by atoms with van der Waals surface area (Å²) in [6, 6.07) is 16.6. The molecule has 0 N–H and O–H groups in total. The number of carbonyl (C=O) groups excluding carboxylic acids is 1. The minimum absolute atomic E-state index is 0.121. The zero-order valence-electron chi connectivity index (χ0n) is 16.5. The number of rotatable bonds is 5. The summed E-state index contributed by atoms with van der Waals surface area (Å²) >= 11 is 1.58. The predicted molar refractivity (Wildman–Crippen MR) is 120 cm³/mol. The first-order chi connectivity index (χ1) is 14.8. The molecule has 0 radical (unpaired) electrons. The highest BCUT2D eigenvalue weighted by molar-refractivity contribution is 7.07. The summed E-state index contributed by atoms with van der Waals surface area (Å²) in [6.45, 7) is 1.34. The van der Waals surface area contributed by atoms with E-state index in [-0.39, 0.29) is 5.91 Å². The van der Waals surface area contributed by atoms with E-state index in [1.165, 1.54) is 23.8 Å². The fraction of sp³-hybridized carbons (Fsp3) is 0.240. The van der Waals surface area contributed by atoms with E-state index in [0.29, 0.717) is 19.0 Å². The molecule has 0 spiro atoms. The van der Waals surface area contributed by atoms with Gasteiger partial charge in [-0.25, -0.2) is 4.98 Å². The summed E-state index contributed by atoms with van der Waals surface area (Å²) < 4.78 is 0. The van der Waals surface area contributed by atoms with Crippen LogP contribution in [0, 0.1) is 0 Å². The maximum atomic E-state index is 13.1. The van der Waals surface area contributed by atoms with Gasteiger partial charge in [0.05, 0.1) is 16.7 Å². The number of carbonyl (C=O) groups is 1. The van der Waals surface area contributed by atoms with Crippen molar-refractivity contribution < 1.29 is 4.79 Å². The fourth-order valence-corrected chi connectivity index (χ4v) is 5.07. The molecule has 30 heavy (non-hydrogen) atoms. The van der Waals surface area contributed by atoms with Crippen molar-refractivity contribution in [1.82, 2.24) is 14.9 Å². The topological polar surface area (TPSA) is 46.1 Å². The minimum Gasteiger partial charge on any atom is -0.334 e. The number of pyridine rings is 1. The number of aromatic nitrogens is 2. The van der Waals surface area contributed by atoms with Crippen molar-refractivity contribution in [1.29, 1.82) is 0 Å². The minimum atomic E-state index is 0.121. The van der Waals surface area contributed by atoms with E-state index in [2.05, 4.69) is 35.3 Å². The van der Waals surface area contributed by atoms with Crippen LogP contribution in [0.4, 0.5) is 0 Å². The lowest BCUT2D eigenvalue weighted by atomic mass is 10.0. The Bertz CT molecular complexity index is 1260. The van der Waals surface area contributed by atoms with Crippen molar-refractivity contribution in [2.24, 2.45) is 0 Å². The van der Waals surface area contributed by atoms with Gasteiger partial charge in [-0.2, -0.15) is 0 Å². The van der Waals surface area contributed by atoms with Crippen LogP contribution in [0.5, 0.6) is 0 Å². The summed E-state index contributed by atoms with van der Waals surface area (Å²) in [6.07, 6.45) is 3.29. The Labute approximate surface area is 179 Å². The molecule has 1 fully saturated rings. The molecule has 2 aromatic heterocycles. The van der Waals surface area contributed by atoms with Crippen LogP contribution in [-0.4, -0.2) is 27.3 Å². The molecule has 4 aromatic rings. The Morgan fingerprint density at radius 3 is 2.77 bits per heavy atom. The second-order valence-electron chi connectivity index (χ2n) is 8.17. The van der Waals surface area contributed by atoms with Gasteiger partial charge in [-0.05, 0) is 48.1 Å². The van der Waals surface area contributed by atoms with Gasteiger partial charge in [-0.1, -0.05) is 30.3 Å². The Hall–Kier alpha value is -3.05. The van der Waals surface area contributed by atoms with Gasteiger partial charge in [0, 0.05) is 47.1 Å². The first-order valence-electron chi connectivity index (χ1n) is 10.5. The average Bonchev–Trinajstić information content (AvgIpc) is 3.38. The summed E-state index contributed by atoms with van der Waals surface area (Å²) in [5.74, 6) is 0.760. The van der Waals surface area contributed by atoms with Gasteiger partial charge in [0.2, 0.25) is 0 Å². The Morgan fingerprint density at radius 2 is 1.93 bits per heavy atom. The molecule has 1 aliphatic heterocycles. The molecular weight excluding hydrogens is 390 g/mol. The summed E-state index contributed by atoms with van der Waals surface area (Å²) in [5.41, 5.74) is 9.36. The smallest absolute Gasteiger partial charge is 0.254 e. The van der Waals surface area contributed by atoms with E-state index >= 15 is 0 Å². The first kappa shape index (κ1) is 17.8. The molecule has 1 aliphatic carbocycles. The number of hydrogen-bond acceptors (Lipinski definition) is 4. The number of amides is 1. The zero-order valence-corrected chi connectivity index (χ0v) is 17.4. The number of benzene rings is 2. The van der Waals surface area contributed by atoms with Gasteiger partial charge in [0.1, 0.15) is 0 Å². The lowest BCUT2D eigenvalue weighted by molar-refractivity contribution is 0.0780. The van der Waals surface area contributed by atoms with E-state index in [1.54, 1.807) is 11.3 Å². The number of thiazole rings is 1. The zero-order chi connectivity index (χ0) is 20.1. The van der Waals surface area contributed by atoms with Crippen LogP contribution < -0.4 is 0 Å². The van der Waals surface area contributed by atoms with E-state index in [1.807, 2.05) is 34.0 Å². The van der Waals surface area contributed by atoms with Gasteiger partial charge >= 0.3 is 0 Å². The van der Waals surface area contributed by atoms with E-state index in [0.717, 1.165) is 40.0 Å². The standard InChI is InChI=1S/C25H21N3OS/c29-25-19-6-3-5-18(24-14-30-15-26-24)21(19)13-28(25)11-10-23-20(16-8-9-16)12-17-4-1-2-7-22(17)27-23/h1-7,12,14-16H,8-11,13H2. The highest BCUT2D eigenvalue weighted by Gasteiger charge is 2.31. The molecule has 4 nitrogen and oxygen atoms in total. The number of nitrogens with zero attached hydrogens (tertiary/aromatic N) is 3. The molecule has 3 heterocycles. The van der Waals surface area contributed by atoms with Crippen LogP contribution in [0.25, 0.3) is 22.2 Å². The fourth-order valence-electron chi connectivity index (χ4n) is 4.52. The highest BCUT2D eigenvalue weighted by atomic mass is 32.1. The molecule has 0 unspecified atom stereocenters. The maximum absolute atomic E-state index is 13.1. The second kappa shape index (κ2) is 7.03. The van der Waals surface area contributed by atoms with Gasteiger partial charge in [-0.3, -0.25) is 9.78 Å². The number of hydrogen-bond donors (Lipinski definition) is 0. The lowest BCUT2D eigenvalue weighted by Crippen LogP contribution is -2.26. The van der Waals surface area contributed by atoms with Crippen LogP contribution in [0.2, 0.25) is 0 Å². The van der Waals surface area contributed by atoms with Gasteiger partial charge in [0.15, 0.2) is 0 Å². The normalized spacial score (nSPS) is 15.7. The first-order valence-corrected chi connectivity index (χ1v) is 11.4. The van der Waals surface area contributed by atoms with E-state index in [9.17, 15) is 4.79 Å². The molecule has 1 amide bonds. The molecule has 1 saturated carbocycles. The molecule has 0 saturated heterocycles. The summed E-state index contributed by atoms with van der Waals surface area (Å²) in [5, 5.41) is 3.25. The monoisotopic (exact) mass is 411 g/mol. The quantitative estimate of drug-likeness (QED) is 0.440. The molecule has 0 bridgehead atoms. The Morgan fingerprint density at radius 1 is 1.07 bits per heavy atom. The molecule has 6 rings (SSSR count). The van der Waals surface area contributed by atoms with Crippen LogP contribution >= 0.6 is 11.3 Å². The third kappa shape index (κ3) is 3.01. The van der Waals surface area contributed by atoms with Gasteiger partial charge < -0.3 is 4.90 Å². The van der Waals surface area contributed by atoms with Crippen molar-refractivity contribution in [2.45, 2.75) is 31.7 Å². The number of fused-ring (bicyclic) bond motifs is 2. The average molecular weight is 412 g/mol. The van der Waals surface area contributed by atoms with Crippen molar-refractivity contribution in [3.05, 3.63) is 81.8 Å². The molecule has 2 aromatic carbocycles. The number of para-hydroxylation sites is 1. The molecular formula is C25H21N3OS. The second-order valence-corrected chi connectivity index (χ2v) is 8.89. The largest absolute Gasteiger partial charge is 0.334 e. The van der Waals surface area contributed by atoms with Crippen molar-refractivity contribution in [3.8, 4) is 11.3 Å². The van der Waals surface area contributed by atoms with Crippen LogP contribution in [0.3, 0.4) is 0 Å². The Kier molecular flexibility index (Phi) is 4.16. The summed E-state index contributed by atoms with van der Waals surface area (Å²) in [7, 11) is 0. The van der Waals surface area contributed by atoms with Crippen molar-refractivity contribution >= 4 is 28.1 Å². The van der Waals surface area contributed by atoms with E-state index < -0.39 is 0 Å².